The Kier molecular flexibility index (Phi) is 4.25. The van der Waals surface area contributed by atoms with E-state index >= 15 is 0 Å². The second-order valence-corrected chi connectivity index (χ2v) is 3.78. The third-order valence-corrected chi connectivity index (χ3v) is 2.13. The molecule has 1 amide bonds. The monoisotopic (exact) mass is 243 g/mol. The van der Waals surface area contributed by atoms with Crippen LogP contribution < -0.4 is 11.1 Å². The number of anilines is 2. The minimum absolute atomic E-state index is 0.262. The van der Waals surface area contributed by atoms with E-state index < -0.39 is 13.0 Å². The second-order valence-electron chi connectivity index (χ2n) is 3.78. The number of nitrogens with zero attached hydrogens (tertiary/aromatic N) is 1. The second kappa shape index (κ2) is 5.47. The molecule has 94 valence electrons. The van der Waals surface area contributed by atoms with Crippen LogP contribution in [0.15, 0.2) is 18.2 Å². The van der Waals surface area contributed by atoms with Crippen LogP contribution in [0.1, 0.15) is 10.4 Å². The molecule has 3 N–H and O–H groups in total. The van der Waals surface area contributed by atoms with E-state index in [4.69, 9.17) is 5.73 Å². The summed E-state index contributed by atoms with van der Waals surface area (Å²) in [6.07, 6.45) is -2.49. The van der Waals surface area contributed by atoms with E-state index in [2.05, 4.69) is 5.32 Å². The Morgan fingerprint density at radius 2 is 2.12 bits per heavy atom. The van der Waals surface area contributed by atoms with Crippen LogP contribution in [-0.4, -0.2) is 37.9 Å². The summed E-state index contributed by atoms with van der Waals surface area (Å²) < 4.78 is 24.2. The zero-order chi connectivity index (χ0) is 13.0. The summed E-state index contributed by atoms with van der Waals surface area (Å²) in [6.45, 7) is -0.517. The highest BCUT2D eigenvalue weighted by Gasteiger charge is 2.14. The first-order valence-corrected chi connectivity index (χ1v) is 5.05. The maximum Gasteiger partial charge on any atom is 0.255 e. The summed E-state index contributed by atoms with van der Waals surface area (Å²) in [5.74, 6) is -0.262. The number of alkyl halides is 2. The smallest absolute Gasteiger partial charge is 0.255 e. The topological polar surface area (TPSA) is 58.4 Å². The lowest BCUT2D eigenvalue weighted by Gasteiger charge is -2.15. The third kappa shape index (κ3) is 3.58. The molecule has 6 heteroatoms. The number of hydrogen-bond donors (Lipinski definition) is 2. The Labute approximate surface area is 98.4 Å². The summed E-state index contributed by atoms with van der Waals surface area (Å²) in [4.78, 5) is 13.2. The molecule has 1 aromatic rings. The molecule has 1 rings (SSSR count). The van der Waals surface area contributed by atoms with Crippen LogP contribution in [0.25, 0.3) is 0 Å². The van der Waals surface area contributed by atoms with E-state index in [0.29, 0.717) is 16.9 Å². The zero-order valence-corrected chi connectivity index (χ0v) is 9.71. The molecule has 0 spiro atoms. The van der Waals surface area contributed by atoms with Crippen LogP contribution in [0.3, 0.4) is 0 Å². The van der Waals surface area contributed by atoms with Gasteiger partial charge in [-0.2, -0.15) is 0 Å². The number of benzene rings is 1. The maximum atomic E-state index is 12.1. The minimum atomic E-state index is -2.49. The van der Waals surface area contributed by atoms with Crippen molar-refractivity contribution in [1.29, 1.82) is 0 Å². The first-order chi connectivity index (χ1) is 7.91. The van der Waals surface area contributed by atoms with Gasteiger partial charge in [0.2, 0.25) is 0 Å². The van der Waals surface area contributed by atoms with Gasteiger partial charge in [0.05, 0.1) is 12.1 Å². The van der Waals surface area contributed by atoms with Crippen molar-refractivity contribution in [3.8, 4) is 0 Å². The molecular weight excluding hydrogens is 228 g/mol. The molecule has 17 heavy (non-hydrogen) atoms. The lowest BCUT2D eigenvalue weighted by Crippen LogP contribution is -2.23. The molecule has 0 saturated carbocycles. The van der Waals surface area contributed by atoms with Crippen molar-refractivity contribution in [2.24, 2.45) is 0 Å². The summed E-state index contributed by atoms with van der Waals surface area (Å²) in [5.41, 5.74) is 6.62. The van der Waals surface area contributed by atoms with Crippen molar-refractivity contribution < 1.29 is 13.6 Å². The molecule has 0 aliphatic carbocycles. The first kappa shape index (κ1) is 13.2. The maximum absolute atomic E-state index is 12.1. The molecule has 0 saturated heterocycles. The number of halogens is 2. The summed E-state index contributed by atoms with van der Waals surface area (Å²) >= 11 is 0. The number of rotatable bonds is 4. The molecule has 0 heterocycles. The lowest BCUT2D eigenvalue weighted by atomic mass is 10.1. The molecule has 0 atom stereocenters. The molecule has 1 aromatic carbocycles. The number of carbonyl (C=O) groups is 1. The van der Waals surface area contributed by atoms with Gasteiger partial charge in [0, 0.05) is 25.5 Å². The van der Waals surface area contributed by atoms with Crippen molar-refractivity contribution in [2.45, 2.75) is 6.43 Å². The van der Waals surface area contributed by atoms with Crippen molar-refractivity contribution in [2.75, 3.05) is 31.7 Å². The fourth-order valence-corrected chi connectivity index (χ4v) is 1.32. The molecule has 0 bridgehead atoms. The number of nitrogens with one attached hydrogen (secondary N) is 1. The summed E-state index contributed by atoms with van der Waals surface area (Å²) in [5, 5.41) is 2.51. The van der Waals surface area contributed by atoms with Gasteiger partial charge in [-0.05, 0) is 18.2 Å². The van der Waals surface area contributed by atoms with Gasteiger partial charge >= 0.3 is 0 Å². The van der Waals surface area contributed by atoms with Crippen LogP contribution in [0.4, 0.5) is 20.2 Å². The third-order valence-electron chi connectivity index (χ3n) is 2.13. The Morgan fingerprint density at radius 3 is 2.65 bits per heavy atom. The Bertz CT molecular complexity index is 408. The van der Waals surface area contributed by atoms with E-state index in [0.717, 1.165) is 0 Å². The van der Waals surface area contributed by atoms with Gasteiger partial charge in [-0.15, -0.1) is 0 Å². The van der Waals surface area contributed by atoms with Crippen molar-refractivity contribution in [3.63, 3.8) is 0 Å². The predicted molar refractivity (Wildman–Crippen MR) is 63.4 cm³/mol. The molecular formula is C11H15F2N3O. The Balaban J connectivity index is 2.99. The van der Waals surface area contributed by atoms with Gasteiger partial charge in [0.25, 0.3) is 12.3 Å². The van der Waals surface area contributed by atoms with E-state index in [9.17, 15) is 13.6 Å². The summed E-state index contributed by atoms with van der Waals surface area (Å²) in [7, 11) is 3.19. The number of amides is 1. The molecule has 0 fully saturated rings. The first-order valence-electron chi connectivity index (χ1n) is 5.05. The van der Waals surface area contributed by atoms with E-state index in [1.165, 1.54) is 17.0 Å². The number of nitrogens with two attached hydrogens (primary N) is 1. The van der Waals surface area contributed by atoms with Crippen LogP contribution in [0, 0.1) is 0 Å². The van der Waals surface area contributed by atoms with Crippen LogP contribution in [0.2, 0.25) is 0 Å². The average Bonchev–Trinajstić information content (AvgIpc) is 2.25. The van der Waals surface area contributed by atoms with Crippen molar-refractivity contribution in [1.82, 2.24) is 4.90 Å². The number of hydrogen-bond acceptors (Lipinski definition) is 3. The van der Waals surface area contributed by atoms with Gasteiger partial charge in [-0.3, -0.25) is 4.79 Å². The van der Waals surface area contributed by atoms with Crippen LogP contribution in [0.5, 0.6) is 0 Å². The molecule has 0 aliphatic heterocycles. The average molecular weight is 243 g/mol. The highest BCUT2D eigenvalue weighted by Crippen LogP contribution is 2.20. The molecule has 4 nitrogen and oxygen atoms in total. The number of nitrogen functional groups attached to an aromatic ring is 1. The predicted octanol–water partition coefficient (Wildman–Crippen LogP) is 1.65. The highest BCUT2D eigenvalue weighted by molar-refractivity contribution is 5.99. The van der Waals surface area contributed by atoms with Crippen molar-refractivity contribution >= 4 is 17.3 Å². The summed E-state index contributed by atoms with van der Waals surface area (Å²) in [6, 6.07) is 4.55. The van der Waals surface area contributed by atoms with E-state index in [1.54, 1.807) is 20.2 Å². The molecule has 0 unspecified atom stereocenters. The SMILES string of the molecule is CN(C)C(=O)c1ccc(N)cc1NCC(F)F. The minimum Gasteiger partial charge on any atom is -0.399 e. The highest BCUT2D eigenvalue weighted by atomic mass is 19.3. The lowest BCUT2D eigenvalue weighted by molar-refractivity contribution is 0.0828. The van der Waals surface area contributed by atoms with E-state index in [1.807, 2.05) is 0 Å². The van der Waals surface area contributed by atoms with Crippen molar-refractivity contribution in [3.05, 3.63) is 23.8 Å². The van der Waals surface area contributed by atoms with Crippen LogP contribution in [-0.2, 0) is 0 Å². The standard InChI is InChI=1S/C11H15F2N3O/c1-16(2)11(17)8-4-3-7(14)5-9(8)15-6-10(12)13/h3-5,10,15H,6,14H2,1-2H3. The Morgan fingerprint density at radius 1 is 1.47 bits per heavy atom. The Hall–Kier alpha value is -1.85. The van der Waals surface area contributed by atoms with Crippen LogP contribution >= 0.6 is 0 Å². The normalized spacial score (nSPS) is 10.4. The fourth-order valence-electron chi connectivity index (χ4n) is 1.32. The van der Waals surface area contributed by atoms with Gasteiger partial charge in [0.15, 0.2) is 0 Å². The van der Waals surface area contributed by atoms with Gasteiger partial charge in [-0.1, -0.05) is 0 Å². The van der Waals surface area contributed by atoms with Gasteiger partial charge in [0.1, 0.15) is 0 Å². The number of carbonyl (C=O) groups excluding carboxylic acids is 1. The van der Waals surface area contributed by atoms with Gasteiger partial charge < -0.3 is 16.0 Å². The molecule has 0 radical (unpaired) electrons. The quantitative estimate of drug-likeness (QED) is 0.790. The largest absolute Gasteiger partial charge is 0.399 e. The molecule has 0 aliphatic rings. The van der Waals surface area contributed by atoms with E-state index in [-0.39, 0.29) is 5.91 Å². The fraction of sp³-hybridized carbons (Fsp3) is 0.364. The molecule has 0 aromatic heterocycles. The zero-order valence-electron chi connectivity index (χ0n) is 9.71. The van der Waals surface area contributed by atoms with Gasteiger partial charge in [-0.25, -0.2) is 8.78 Å².